The third-order valence-electron chi connectivity index (χ3n) is 5.45. The van der Waals surface area contributed by atoms with Crippen LogP contribution in [-0.4, -0.2) is 44.3 Å². The number of nitrogens with zero attached hydrogens (tertiary/aromatic N) is 3. The van der Waals surface area contributed by atoms with Gasteiger partial charge in [-0.05, 0) is 36.2 Å². The van der Waals surface area contributed by atoms with Gasteiger partial charge in [0.1, 0.15) is 0 Å². The Morgan fingerprint density at radius 2 is 1.97 bits per heavy atom. The smallest absolute Gasteiger partial charge is 0.422 e. The van der Waals surface area contributed by atoms with Crippen LogP contribution >= 0.6 is 0 Å². The van der Waals surface area contributed by atoms with Crippen molar-refractivity contribution in [3.63, 3.8) is 0 Å². The predicted molar refractivity (Wildman–Crippen MR) is 119 cm³/mol. The number of rotatable bonds is 8. The molecule has 0 saturated carbocycles. The highest BCUT2D eigenvalue weighted by atomic mass is 19.4. The van der Waals surface area contributed by atoms with Gasteiger partial charge in [-0.15, -0.1) is 0 Å². The zero-order chi connectivity index (χ0) is 25.3. The van der Waals surface area contributed by atoms with Gasteiger partial charge in [-0.2, -0.15) is 13.2 Å². The number of hydrogen-bond donors (Lipinski definition) is 4. The van der Waals surface area contributed by atoms with Crippen LogP contribution in [0.25, 0.3) is 16.8 Å². The van der Waals surface area contributed by atoms with Crippen LogP contribution in [0.15, 0.2) is 54.6 Å². The number of aliphatic hydroxyl groups is 1. The molecule has 1 unspecified atom stereocenters. The summed E-state index contributed by atoms with van der Waals surface area (Å²) in [7, 11) is 1.49. The number of hydrogen-bond acceptors (Lipinski definition) is 7. The Labute approximate surface area is 193 Å². The maximum Gasteiger partial charge on any atom is 0.422 e. The zero-order valence-electron chi connectivity index (χ0n) is 18.5. The lowest BCUT2D eigenvalue weighted by atomic mass is 9.96. The van der Waals surface area contributed by atoms with E-state index in [0.29, 0.717) is 28.2 Å². The Morgan fingerprint density at radius 1 is 1.26 bits per heavy atom. The molecule has 3 aromatic heterocycles. The monoisotopic (exact) mass is 478 g/mol. The summed E-state index contributed by atoms with van der Waals surface area (Å²) >= 11 is 0. The average Bonchev–Trinajstić information content (AvgIpc) is 3.16. The lowest BCUT2D eigenvalue weighted by molar-refractivity contribution is -0.245. The fourth-order valence-corrected chi connectivity index (χ4v) is 3.56. The molecular formula is C22H25F3N6O3. The van der Waals surface area contributed by atoms with E-state index in [9.17, 15) is 23.1 Å². The maximum atomic E-state index is 13.2. The van der Waals surface area contributed by atoms with Crippen LogP contribution in [0, 0.1) is 0 Å². The second-order valence-corrected chi connectivity index (χ2v) is 7.66. The third kappa shape index (κ3) is 4.63. The van der Waals surface area contributed by atoms with Crippen LogP contribution < -0.4 is 22.0 Å². The number of aromatic nitrogens is 2. The van der Waals surface area contributed by atoms with E-state index in [0.717, 1.165) is 11.2 Å². The molecule has 34 heavy (non-hydrogen) atoms. The lowest BCUT2D eigenvalue weighted by Gasteiger charge is -2.30. The molecule has 12 heteroatoms. The molecule has 7 N–H and O–H groups in total. The van der Waals surface area contributed by atoms with Crippen molar-refractivity contribution >= 4 is 11.4 Å². The summed E-state index contributed by atoms with van der Waals surface area (Å²) in [6, 6.07) is 8.36. The summed E-state index contributed by atoms with van der Waals surface area (Å²) in [5.41, 5.74) is 9.72. The molecule has 0 aliphatic heterocycles. The second kappa shape index (κ2) is 9.23. The third-order valence-corrected chi connectivity index (χ3v) is 5.45. The van der Waals surface area contributed by atoms with Crippen molar-refractivity contribution in [2.45, 2.75) is 31.7 Å². The summed E-state index contributed by atoms with van der Waals surface area (Å²) < 4.78 is 46.4. The van der Waals surface area contributed by atoms with Gasteiger partial charge < -0.3 is 30.7 Å². The van der Waals surface area contributed by atoms with Crippen LogP contribution in [-0.2, 0) is 6.54 Å². The van der Waals surface area contributed by atoms with Crippen LogP contribution in [0.3, 0.4) is 0 Å². The number of carbonyl (C=O) groups is 1. The highest BCUT2D eigenvalue weighted by Crippen LogP contribution is 2.37. The molecule has 0 fully saturated rings. The number of fused-ring (bicyclic) bond motifs is 1. The van der Waals surface area contributed by atoms with Crippen LogP contribution in [0.4, 0.5) is 13.2 Å². The number of pyridine rings is 2. The summed E-state index contributed by atoms with van der Waals surface area (Å²) in [4.78, 5) is 16.2. The van der Waals surface area contributed by atoms with Crippen molar-refractivity contribution in [3.8, 4) is 17.1 Å². The molecule has 0 aromatic carbocycles. The molecule has 1 amide bonds. The number of carbonyl (C=O) groups excluding carboxylic acids is 1. The molecule has 0 spiro atoms. The Hall–Kier alpha value is -3.77. The number of ether oxygens (including phenoxy) is 1. The first-order chi connectivity index (χ1) is 15.9. The summed E-state index contributed by atoms with van der Waals surface area (Å²) in [6.07, 6.45) is -1.54. The van der Waals surface area contributed by atoms with E-state index < -0.39 is 29.8 Å². The van der Waals surface area contributed by atoms with E-state index in [1.165, 1.54) is 14.0 Å². The predicted octanol–water partition coefficient (Wildman–Crippen LogP) is 2.29. The molecule has 3 heterocycles. The quantitative estimate of drug-likeness (QED) is 0.287. The molecule has 9 nitrogen and oxygen atoms in total. The Balaban J connectivity index is 1.94. The number of amides is 1. The molecule has 3 rings (SSSR count). The largest absolute Gasteiger partial charge is 0.481 e. The molecular weight excluding hydrogens is 453 g/mol. The van der Waals surface area contributed by atoms with E-state index in [2.05, 4.69) is 4.98 Å². The second-order valence-electron chi connectivity index (χ2n) is 7.66. The van der Waals surface area contributed by atoms with Gasteiger partial charge in [-0.3, -0.25) is 4.79 Å². The average molecular weight is 478 g/mol. The molecule has 182 valence electrons. The van der Waals surface area contributed by atoms with Gasteiger partial charge in [0.25, 0.3) is 5.91 Å². The van der Waals surface area contributed by atoms with E-state index >= 15 is 0 Å². The topological polar surface area (TPSA) is 145 Å². The molecule has 3 aromatic rings. The fraction of sp³-hybridized carbons (Fsp3) is 0.273. The molecule has 0 aliphatic rings. The maximum absolute atomic E-state index is 13.2. The fourth-order valence-electron chi connectivity index (χ4n) is 3.56. The SMILES string of the molecule is CCC(O)(/C(N)=C/N(N)Cc1ccn2c(-c3ccc(OC)nc3)c(C(N)=O)cc2c1)C(F)(F)F. The summed E-state index contributed by atoms with van der Waals surface area (Å²) in [5.74, 6) is 5.61. The number of alkyl halides is 3. The van der Waals surface area contributed by atoms with Gasteiger partial charge in [0.15, 0.2) is 0 Å². The van der Waals surface area contributed by atoms with Crippen LogP contribution in [0.1, 0.15) is 29.3 Å². The summed E-state index contributed by atoms with van der Waals surface area (Å²) in [5, 5.41) is 10.9. The first-order valence-electron chi connectivity index (χ1n) is 10.1. The van der Waals surface area contributed by atoms with Gasteiger partial charge in [-0.1, -0.05) is 6.92 Å². The zero-order valence-corrected chi connectivity index (χ0v) is 18.5. The Kier molecular flexibility index (Phi) is 6.75. The van der Waals surface area contributed by atoms with E-state index in [1.54, 1.807) is 47.1 Å². The Bertz CT molecular complexity index is 1220. The van der Waals surface area contributed by atoms with Gasteiger partial charge in [0, 0.05) is 35.7 Å². The molecule has 1 atom stereocenters. The van der Waals surface area contributed by atoms with E-state index in [-0.39, 0.29) is 12.1 Å². The molecule has 0 saturated heterocycles. The van der Waals surface area contributed by atoms with Crippen molar-refractivity contribution < 1.29 is 27.8 Å². The standard InChI is InChI=1S/C22H25F3N6O3/c1-3-21(33,22(23,24)25)17(26)12-30(28)11-13-6-7-31-15(8-13)9-16(20(27)32)19(31)14-4-5-18(34-2)29-10-14/h4-10,12,33H,3,11,26,28H2,1-2H3,(H2,27,32)/b17-12-. The van der Waals surface area contributed by atoms with Crippen molar-refractivity contribution in [2.24, 2.45) is 17.3 Å². The number of methoxy groups -OCH3 is 1. The highest BCUT2D eigenvalue weighted by Gasteiger charge is 2.54. The first kappa shape index (κ1) is 24.9. The normalized spacial score (nSPS) is 14.1. The van der Waals surface area contributed by atoms with Crippen LogP contribution in [0.5, 0.6) is 5.88 Å². The minimum absolute atomic E-state index is 0.0225. The van der Waals surface area contributed by atoms with Gasteiger partial charge in [-0.25, -0.2) is 10.8 Å². The van der Waals surface area contributed by atoms with Crippen molar-refractivity contribution in [3.05, 3.63) is 65.7 Å². The van der Waals surface area contributed by atoms with Crippen molar-refractivity contribution in [2.75, 3.05) is 7.11 Å². The van der Waals surface area contributed by atoms with Gasteiger partial charge >= 0.3 is 6.18 Å². The molecule has 0 radical (unpaired) electrons. The minimum Gasteiger partial charge on any atom is -0.481 e. The lowest BCUT2D eigenvalue weighted by Crippen LogP contribution is -2.49. The van der Waals surface area contributed by atoms with Crippen molar-refractivity contribution in [1.82, 2.24) is 14.4 Å². The minimum atomic E-state index is -4.95. The molecule has 0 aliphatic carbocycles. The number of nitrogens with two attached hydrogens (primary N) is 3. The first-order valence-corrected chi connectivity index (χ1v) is 10.1. The van der Waals surface area contributed by atoms with Crippen molar-refractivity contribution in [1.29, 1.82) is 0 Å². The van der Waals surface area contributed by atoms with Gasteiger partial charge in [0.2, 0.25) is 11.5 Å². The summed E-state index contributed by atoms with van der Waals surface area (Å²) in [6.45, 7) is 1.15. The van der Waals surface area contributed by atoms with Crippen LogP contribution in [0.2, 0.25) is 0 Å². The highest BCUT2D eigenvalue weighted by molar-refractivity contribution is 6.01. The Morgan fingerprint density at radius 3 is 2.50 bits per heavy atom. The van der Waals surface area contributed by atoms with E-state index in [4.69, 9.17) is 22.0 Å². The number of hydrazine groups is 1. The molecule has 0 bridgehead atoms. The number of halogens is 3. The number of primary amides is 1. The van der Waals surface area contributed by atoms with Gasteiger partial charge in [0.05, 0.1) is 30.6 Å². The van der Waals surface area contributed by atoms with E-state index in [1.807, 2.05) is 0 Å².